The molecule has 0 bridgehead atoms. The molecule has 2 aromatic rings. The Kier molecular flexibility index (Phi) is 3.81. The molecular formula is C16H19ClN2O. The van der Waals surface area contributed by atoms with Gasteiger partial charge in [0.25, 0.3) is 0 Å². The Hall–Kier alpha value is -1.32. The molecule has 1 aliphatic rings. The van der Waals surface area contributed by atoms with Crippen molar-refractivity contribution in [3.8, 4) is 0 Å². The fourth-order valence-corrected chi connectivity index (χ4v) is 3.14. The molecular weight excluding hydrogens is 272 g/mol. The average Bonchev–Trinajstić information content (AvgIpc) is 2.97. The molecule has 1 aromatic carbocycles. The van der Waals surface area contributed by atoms with Crippen LogP contribution >= 0.6 is 11.6 Å². The van der Waals surface area contributed by atoms with Crippen LogP contribution in [-0.4, -0.2) is 24.2 Å². The number of anilines is 1. The van der Waals surface area contributed by atoms with Crippen LogP contribution < -0.4 is 5.32 Å². The molecule has 3 rings (SSSR count). The second kappa shape index (κ2) is 5.58. The lowest BCUT2D eigenvalue weighted by molar-refractivity contribution is 0.183. The van der Waals surface area contributed by atoms with Gasteiger partial charge in [-0.05, 0) is 44.0 Å². The van der Waals surface area contributed by atoms with E-state index in [9.17, 15) is 0 Å². The smallest absolute Gasteiger partial charge is 0.0752 e. The summed E-state index contributed by atoms with van der Waals surface area (Å²) in [6.45, 7) is 5.92. The van der Waals surface area contributed by atoms with Crippen molar-refractivity contribution in [1.29, 1.82) is 0 Å². The molecule has 20 heavy (non-hydrogen) atoms. The van der Waals surface area contributed by atoms with Gasteiger partial charge in [-0.25, -0.2) is 0 Å². The van der Waals surface area contributed by atoms with Crippen molar-refractivity contribution in [1.82, 2.24) is 4.98 Å². The third-order valence-electron chi connectivity index (χ3n) is 4.08. The second-order valence-electron chi connectivity index (χ2n) is 5.51. The van der Waals surface area contributed by atoms with E-state index in [-0.39, 0.29) is 0 Å². The van der Waals surface area contributed by atoms with Gasteiger partial charge in [0.15, 0.2) is 0 Å². The number of ether oxygens (including phenoxy) is 1. The first kappa shape index (κ1) is 13.7. The van der Waals surface area contributed by atoms with Crippen molar-refractivity contribution >= 4 is 28.2 Å². The molecule has 0 saturated carbocycles. The van der Waals surface area contributed by atoms with E-state index in [1.807, 2.05) is 25.3 Å². The predicted octanol–water partition coefficient (Wildman–Crippen LogP) is 4.03. The summed E-state index contributed by atoms with van der Waals surface area (Å²) < 4.78 is 5.47. The van der Waals surface area contributed by atoms with Crippen LogP contribution in [0.25, 0.3) is 10.9 Å². The Morgan fingerprint density at radius 2 is 2.35 bits per heavy atom. The number of rotatable bonds is 3. The topological polar surface area (TPSA) is 34.1 Å². The molecule has 1 aliphatic heterocycles. The highest BCUT2D eigenvalue weighted by molar-refractivity contribution is 6.35. The summed E-state index contributed by atoms with van der Waals surface area (Å²) in [6.07, 6.45) is 2.93. The summed E-state index contributed by atoms with van der Waals surface area (Å²) in [5.74, 6) is 0.541. The van der Waals surface area contributed by atoms with Crippen molar-refractivity contribution < 1.29 is 4.74 Å². The number of benzene rings is 1. The lowest BCUT2D eigenvalue weighted by Crippen LogP contribution is -2.26. The van der Waals surface area contributed by atoms with E-state index in [0.29, 0.717) is 12.0 Å². The number of aryl methyl sites for hydroxylation is 1. The quantitative estimate of drug-likeness (QED) is 0.926. The number of pyridine rings is 1. The van der Waals surface area contributed by atoms with Crippen LogP contribution in [0.5, 0.6) is 0 Å². The van der Waals surface area contributed by atoms with Gasteiger partial charge in [-0.3, -0.25) is 4.98 Å². The second-order valence-corrected chi connectivity index (χ2v) is 5.91. The molecule has 0 spiro atoms. The van der Waals surface area contributed by atoms with E-state index in [4.69, 9.17) is 16.3 Å². The van der Waals surface area contributed by atoms with Gasteiger partial charge in [0, 0.05) is 30.1 Å². The maximum Gasteiger partial charge on any atom is 0.0752 e. The molecule has 1 saturated heterocycles. The van der Waals surface area contributed by atoms with Crippen LogP contribution in [0.15, 0.2) is 24.4 Å². The number of aromatic nitrogens is 1. The molecule has 2 unspecified atom stereocenters. The maximum atomic E-state index is 6.44. The van der Waals surface area contributed by atoms with Crippen molar-refractivity contribution in [3.63, 3.8) is 0 Å². The van der Waals surface area contributed by atoms with E-state index >= 15 is 0 Å². The van der Waals surface area contributed by atoms with Crippen LogP contribution in [0.4, 0.5) is 5.69 Å². The fraction of sp³-hybridized carbons (Fsp3) is 0.438. The molecule has 1 N–H and O–H groups in total. The van der Waals surface area contributed by atoms with Gasteiger partial charge >= 0.3 is 0 Å². The van der Waals surface area contributed by atoms with Gasteiger partial charge in [-0.15, -0.1) is 0 Å². The Balaban J connectivity index is 1.98. The molecule has 106 valence electrons. The zero-order valence-electron chi connectivity index (χ0n) is 11.8. The van der Waals surface area contributed by atoms with Crippen molar-refractivity contribution in [2.75, 3.05) is 18.5 Å². The van der Waals surface area contributed by atoms with Crippen molar-refractivity contribution in [2.24, 2.45) is 5.92 Å². The van der Waals surface area contributed by atoms with Gasteiger partial charge in [-0.1, -0.05) is 11.6 Å². The molecule has 4 heteroatoms. The minimum absolute atomic E-state index is 0.334. The first-order chi connectivity index (χ1) is 9.66. The van der Waals surface area contributed by atoms with Crippen LogP contribution in [0.2, 0.25) is 5.02 Å². The summed E-state index contributed by atoms with van der Waals surface area (Å²) in [7, 11) is 0. The summed E-state index contributed by atoms with van der Waals surface area (Å²) in [4.78, 5) is 4.46. The molecule has 2 heterocycles. The van der Waals surface area contributed by atoms with Gasteiger partial charge in [0.1, 0.15) is 0 Å². The summed E-state index contributed by atoms with van der Waals surface area (Å²) in [5.41, 5.74) is 3.10. The Bertz CT molecular complexity index is 623. The zero-order chi connectivity index (χ0) is 14.1. The van der Waals surface area contributed by atoms with E-state index in [1.54, 1.807) is 0 Å². The average molecular weight is 291 g/mol. The first-order valence-electron chi connectivity index (χ1n) is 7.05. The van der Waals surface area contributed by atoms with Crippen molar-refractivity contribution in [2.45, 2.75) is 26.3 Å². The van der Waals surface area contributed by atoms with Crippen molar-refractivity contribution in [3.05, 3.63) is 35.0 Å². The predicted molar refractivity (Wildman–Crippen MR) is 83.5 cm³/mol. The number of nitrogens with one attached hydrogen (secondary N) is 1. The van der Waals surface area contributed by atoms with Gasteiger partial charge in [0.2, 0.25) is 0 Å². The van der Waals surface area contributed by atoms with E-state index in [0.717, 1.165) is 46.8 Å². The first-order valence-corrected chi connectivity index (χ1v) is 7.42. The molecule has 0 amide bonds. The van der Waals surface area contributed by atoms with Gasteiger partial charge in [0.05, 0.1) is 22.8 Å². The van der Waals surface area contributed by atoms with Crippen LogP contribution in [0.3, 0.4) is 0 Å². The highest BCUT2D eigenvalue weighted by atomic mass is 35.5. The molecule has 2 atom stereocenters. The van der Waals surface area contributed by atoms with Gasteiger partial charge in [-0.2, -0.15) is 0 Å². The highest BCUT2D eigenvalue weighted by Gasteiger charge is 2.23. The lowest BCUT2D eigenvalue weighted by atomic mass is 9.99. The molecule has 0 aliphatic carbocycles. The van der Waals surface area contributed by atoms with Crippen LogP contribution in [0, 0.1) is 12.8 Å². The highest BCUT2D eigenvalue weighted by Crippen LogP contribution is 2.34. The largest absolute Gasteiger partial charge is 0.381 e. The van der Waals surface area contributed by atoms with Gasteiger partial charge < -0.3 is 10.1 Å². The summed E-state index contributed by atoms with van der Waals surface area (Å²) in [5, 5.41) is 5.41. The lowest BCUT2D eigenvalue weighted by Gasteiger charge is -2.22. The summed E-state index contributed by atoms with van der Waals surface area (Å²) >= 11 is 6.44. The Morgan fingerprint density at radius 1 is 1.50 bits per heavy atom. The Labute approximate surface area is 124 Å². The number of hydrogen-bond donors (Lipinski definition) is 1. The molecule has 0 radical (unpaired) electrons. The minimum atomic E-state index is 0.334. The number of fused-ring (bicyclic) bond motifs is 1. The standard InChI is InChI=1S/C16H19ClN2O/c1-10-8-14(17)16(13-4-3-6-18-15(10)13)19-11(2)12-5-7-20-9-12/h3-4,6,8,11-12,19H,5,7,9H2,1-2H3. The zero-order valence-corrected chi connectivity index (χ0v) is 12.6. The minimum Gasteiger partial charge on any atom is -0.381 e. The van der Waals surface area contributed by atoms with E-state index in [1.165, 1.54) is 0 Å². The van der Waals surface area contributed by atoms with E-state index < -0.39 is 0 Å². The van der Waals surface area contributed by atoms with Crippen LogP contribution in [-0.2, 0) is 4.74 Å². The molecule has 1 aromatic heterocycles. The van der Waals surface area contributed by atoms with Crippen LogP contribution in [0.1, 0.15) is 18.9 Å². The third kappa shape index (κ3) is 2.48. The fourth-order valence-electron chi connectivity index (χ4n) is 2.82. The third-order valence-corrected chi connectivity index (χ3v) is 4.37. The SMILES string of the molecule is Cc1cc(Cl)c(NC(C)C2CCOC2)c2cccnc12. The molecule has 3 nitrogen and oxygen atoms in total. The normalized spacial score (nSPS) is 20.2. The number of nitrogens with zero attached hydrogens (tertiary/aromatic N) is 1. The number of hydrogen-bond acceptors (Lipinski definition) is 3. The number of halogens is 1. The summed E-state index contributed by atoms with van der Waals surface area (Å²) in [6, 6.07) is 6.34. The maximum absolute atomic E-state index is 6.44. The Morgan fingerprint density at radius 3 is 3.10 bits per heavy atom. The monoisotopic (exact) mass is 290 g/mol. The van der Waals surface area contributed by atoms with E-state index in [2.05, 4.69) is 23.3 Å². The molecule has 1 fully saturated rings.